The number of hydrogen-bond acceptors (Lipinski definition) is 4. The second kappa shape index (κ2) is 46.5. The number of aryl methyl sites for hydroxylation is 2. The van der Waals surface area contributed by atoms with Gasteiger partial charge in [-0.15, -0.1) is 19.7 Å². The molecule has 0 spiro atoms. The molecule has 0 heterocycles. The summed E-state index contributed by atoms with van der Waals surface area (Å²) in [4.78, 5) is 45.2. The summed E-state index contributed by atoms with van der Waals surface area (Å²) < 4.78 is 0. The molecule has 4 heteroatoms. The van der Waals surface area contributed by atoms with Crippen LogP contribution in [0.25, 0.3) is 0 Å². The van der Waals surface area contributed by atoms with Gasteiger partial charge in [-0.1, -0.05) is 115 Å². The second-order valence-electron chi connectivity index (χ2n) is 11.5. The summed E-state index contributed by atoms with van der Waals surface area (Å²) in [7, 11) is 0. The van der Waals surface area contributed by atoms with Gasteiger partial charge in [0.2, 0.25) is 0 Å². The lowest BCUT2D eigenvalue weighted by molar-refractivity contribution is -0.119. The van der Waals surface area contributed by atoms with Crippen molar-refractivity contribution in [3.05, 3.63) is 60.2 Å². The molecular weight excluding hydrogens is 592 g/mol. The fourth-order valence-electron chi connectivity index (χ4n) is 4.07. The van der Waals surface area contributed by atoms with E-state index in [1.54, 1.807) is 13.0 Å². The van der Waals surface area contributed by atoms with Crippen LogP contribution in [-0.2, 0) is 22.4 Å². The van der Waals surface area contributed by atoms with Crippen LogP contribution in [0.15, 0.2) is 37.9 Å². The molecule has 0 aliphatic carbocycles. The molecule has 0 amide bonds. The molecule has 282 valence electrons. The largest absolute Gasteiger partial charge is 0.303 e. The Morgan fingerprint density at radius 1 is 0.750 bits per heavy atom. The maximum atomic E-state index is 12.6. The first-order valence-corrected chi connectivity index (χ1v) is 19.2. The van der Waals surface area contributed by atoms with Crippen molar-refractivity contribution in [1.82, 2.24) is 0 Å². The summed E-state index contributed by atoms with van der Waals surface area (Å²) in [5.74, 6) is 1.15. The topological polar surface area (TPSA) is 68.3 Å². The monoisotopic (exact) mass is 675 g/mol. The molecule has 0 radical (unpaired) electrons. The molecule has 1 atom stereocenters. The number of rotatable bonds is 18. The van der Waals surface area contributed by atoms with E-state index in [-0.39, 0.29) is 17.5 Å². The highest BCUT2D eigenvalue weighted by molar-refractivity contribution is 6.09. The van der Waals surface area contributed by atoms with Crippen molar-refractivity contribution in [2.24, 2.45) is 11.8 Å². The van der Waals surface area contributed by atoms with Crippen molar-refractivity contribution in [1.29, 1.82) is 0 Å². The molecule has 1 unspecified atom stereocenters. The van der Waals surface area contributed by atoms with E-state index in [0.29, 0.717) is 22.8 Å². The van der Waals surface area contributed by atoms with Crippen molar-refractivity contribution in [3.63, 3.8) is 0 Å². The van der Waals surface area contributed by atoms with E-state index in [9.17, 15) is 19.2 Å². The lowest BCUT2D eigenvalue weighted by Crippen LogP contribution is -2.16. The summed E-state index contributed by atoms with van der Waals surface area (Å²) in [5, 5.41) is 0. The van der Waals surface area contributed by atoms with Gasteiger partial charge in [0, 0.05) is 36.3 Å². The summed E-state index contributed by atoms with van der Waals surface area (Å²) in [5.41, 5.74) is 3.66. The number of ketones is 3. The van der Waals surface area contributed by atoms with Crippen LogP contribution < -0.4 is 0 Å². The summed E-state index contributed by atoms with van der Waals surface area (Å²) >= 11 is 0. The first kappa shape index (κ1) is 57.6. The highest BCUT2D eigenvalue weighted by Gasteiger charge is 2.21. The summed E-state index contributed by atoms with van der Waals surface area (Å²) in [6.45, 7) is 37.5. The van der Waals surface area contributed by atoms with Crippen LogP contribution in [0.4, 0.5) is 0 Å². The van der Waals surface area contributed by atoms with Gasteiger partial charge in [-0.05, 0) is 88.0 Å². The number of unbranched alkanes of at least 4 members (excludes halogenated alkanes) is 5. The molecule has 0 aliphatic rings. The Bertz CT molecular complexity index is 882. The van der Waals surface area contributed by atoms with Gasteiger partial charge in [-0.3, -0.25) is 14.4 Å². The van der Waals surface area contributed by atoms with Crippen molar-refractivity contribution in [3.8, 4) is 0 Å². The van der Waals surface area contributed by atoms with E-state index >= 15 is 0 Å². The third-order valence-corrected chi connectivity index (χ3v) is 6.93. The molecule has 0 aliphatic heterocycles. The maximum Gasteiger partial charge on any atom is 0.166 e. The molecule has 1 rings (SSSR count). The van der Waals surface area contributed by atoms with Crippen LogP contribution in [0.5, 0.6) is 0 Å². The molecule has 0 aromatic heterocycles. The van der Waals surface area contributed by atoms with E-state index in [4.69, 9.17) is 0 Å². The predicted octanol–water partition coefficient (Wildman–Crippen LogP) is 14.0. The van der Waals surface area contributed by atoms with Crippen LogP contribution in [0.3, 0.4) is 0 Å². The van der Waals surface area contributed by atoms with Gasteiger partial charge < -0.3 is 4.79 Å². The summed E-state index contributed by atoms with van der Waals surface area (Å²) in [6, 6.07) is 3.93. The smallest absolute Gasteiger partial charge is 0.166 e. The van der Waals surface area contributed by atoms with E-state index in [1.807, 2.05) is 67.5 Å². The van der Waals surface area contributed by atoms with E-state index in [1.165, 1.54) is 30.4 Å². The molecule has 0 fully saturated rings. The van der Waals surface area contributed by atoms with Gasteiger partial charge in [-0.2, -0.15) is 0 Å². The Kier molecular flexibility index (Phi) is 55.8. The minimum absolute atomic E-state index is 0.0154. The minimum Gasteiger partial charge on any atom is -0.303 e. The molecule has 0 bridgehead atoms. The van der Waals surface area contributed by atoms with Gasteiger partial charge in [0.1, 0.15) is 12.1 Å². The van der Waals surface area contributed by atoms with Crippen molar-refractivity contribution in [2.75, 3.05) is 0 Å². The van der Waals surface area contributed by atoms with Crippen molar-refractivity contribution >= 4 is 23.6 Å². The third kappa shape index (κ3) is 36.2. The average Bonchev–Trinajstić information content (AvgIpc) is 3.10. The first-order chi connectivity index (χ1) is 22.9. The van der Waals surface area contributed by atoms with E-state index < -0.39 is 0 Å². The molecule has 0 N–H and O–H groups in total. The number of allylic oxidation sites excluding steroid dienone is 1. The van der Waals surface area contributed by atoms with Crippen molar-refractivity contribution < 1.29 is 19.2 Å². The normalized spacial score (nSPS) is 9.65. The highest BCUT2D eigenvalue weighted by atomic mass is 16.1. The SMILES string of the molecule is C=C.C=CC.CC.CC.CCCC(=O)CCC(C)C.CCCCCCC=O.CCCCc1cc(C(=O)C(C)CC)c(C(C)=O)cc1CC. The maximum absolute atomic E-state index is 12.6. The Balaban J connectivity index is -0.000000136. The Morgan fingerprint density at radius 3 is 1.62 bits per heavy atom. The van der Waals surface area contributed by atoms with Crippen LogP contribution in [-0.4, -0.2) is 23.6 Å². The molecular formula is C44H82O4. The minimum atomic E-state index is -0.0328. The Morgan fingerprint density at radius 2 is 1.25 bits per heavy atom. The molecule has 48 heavy (non-hydrogen) atoms. The van der Waals surface area contributed by atoms with Gasteiger partial charge in [0.15, 0.2) is 11.6 Å². The quantitative estimate of drug-likeness (QED) is 0.0672. The molecule has 0 saturated carbocycles. The summed E-state index contributed by atoms with van der Waals surface area (Å²) in [6.07, 6.45) is 16.9. The zero-order chi connectivity index (χ0) is 38.9. The van der Waals surface area contributed by atoms with Crippen LogP contribution in [0.2, 0.25) is 0 Å². The Labute approximate surface area is 301 Å². The number of carbonyl (C=O) groups excluding carboxylic acids is 4. The fourth-order valence-corrected chi connectivity index (χ4v) is 4.07. The number of hydrogen-bond donors (Lipinski definition) is 0. The lowest BCUT2D eigenvalue weighted by Gasteiger charge is -2.16. The van der Waals surface area contributed by atoms with Gasteiger partial charge >= 0.3 is 0 Å². The lowest BCUT2D eigenvalue weighted by atomic mass is 9.87. The Hall–Kier alpha value is -2.62. The molecule has 4 nitrogen and oxygen atoms in total. The van der Waals surface area contributed by atoms with Crippen molar-refractivity contribution in [2.45, 2.75) is 187 Å². The predicted molar refractivity (Wildman–Crippen MR) is 217 cm³/mol. The van der Waals surface area contributed by atoms with Gasteiger partial charge in [0.05, 0.1) is 0 Å². The molecule has 0 saturated heterocycles. The first-order valence-electron chi connectivity index (χ1n) is 19.2. The number of Topliss-reactive ketones (excluding diaryl/α,β-unsaturated/α-hetero) is 3. The standard InChI is InChI=1S/C19H28O2.C9H18O.C7H14O.C3H6.2C2H6.C2H4/c1-6-9-10-16-12-18(19(21)13(4)7-2)17(14(5)20)11-15(16)8-3;1-4-5-9(10)7-6-8(2)3;1-2-3-4-5-6-7-8;1-3-2;3*1-2/h11-13H,6-10H2,1-5H3;8H,4-7H2,1-3H3;7H,2-6H2,1H3;3H,1H2,2H3;2*1-2H3;1-2H2. The van der Waals surface area contributed by atoms with Crippen LogP contribution in [0, 0.1) is 11.8 Å². The molecule has 1 aromatic carbocycles. The average molecular weight is 675 g/mol. The van der Waals surface area contributed by atoms with Crippen LogP contribution in [0.1, 0.15) is 206 Å². The fraction of sp³-hybridized carbons (Fsp3) is 0.682. The second-order valence-corrected chi connectivity index (χ2v) is 11.5. The van der Waals surface area contributed by atoms with Gasteiger partial charge in [-0.25, -0.2) is 0 Å². The van der Waals surface area contributed by atoms with E-state index in [0.717, 1.165) is 76.9 Å². The van der Waals surface area contributed by atoms with E-state index in [2.05, 4.69) is 54.4 Å². The zero-order valence-corrected chi connectivity index (χ0v) is 34.6. The number of benzene rings is 1. The number of carbonyl (C=O) groups is 4. The zero-order valence-electron chi connectivity index (χ0n) is 34.6. The highest BCUT2D eigenvalue weighted by Crippen LogP contribution is 2.24. The molecule has 1 aromatic rings. The van der Waals surface area contributed by atoms with Gasteiger partial charge in [0.25, 0.3) is 0 Å². The number of aldehydes is 1. The third-order valence-electron chi connectivity index (χ3n) is 6.93. The van der Waals surface area contributed by atoms with Crippen LogP contribution >= 0.6 is 0 Å².